The maximum absolute atomic E-state index is 11.9. The van der Waals surface area contributed by atoms with Gasteiger partial charge in [-0.1, -0.05) is 32.6 Å². The second-order valence-electron chi connectivity index (χ2n) is 5.27. The van der Waals surface area contributed by atoms with Crippen molar-refractivity contribution in [1.82, 2.24) is 15.5 Å². The molecule has 18 heavy (non-hydrogen) atoms. The summed E-state index contributed by atoms with van der Waals surface area (Å²) in [4.78, 5) is 14.2. The van der Waals surface area contributed by atoms with Crippen molar-refractivity contribution >= 4 is 5.91 Å². The average Bonchev–Trinajstić information content (AvgIpc) is 2.42. The topological polar surface area (TPSA) is 44.4 Å². The third kappa shape index (κ3) is 4.58. The molecule has 1 heterocycles. The van der Waals surface area contributed by atoms with E-state index < -0.39 is 0 Å². The molecule has 0 aliphatic carbocycles. The lowest BCUT2D eigenvalue weighted by Gasteiger charge is -2.39. The summed E-state index contributed by atoms with van der Waals surface area (Å²) >= 11 is 0. The van der Waals surface area contributed by atoms with Gasteiger partial charge in [0.1, 0.15) is 6.04 Å². The fraction of sp³-hybridized carbons (Fsp3) is 0.929. The van der Waals surface area contributed by atoms with Gasteiger partial charge >= 0.3 is 0 Å². The number of hydrogen-bond acceptors (Lipinski definition) is 3. The number of rotatable bonds is 7. The average molecular weight is 255 g/mol. The van der Waals surface area contributed by atoms with Gasteiger partial charge in [0.15, 0.2) is 0 Å². The van der Waals surface area contributed by atoms with Gasteiger partial charge in [0.2, 0.25) is 5.91 Å². The highest BCUT2D eigenvalue weighted by Gasteiger charge is 2.30. The summed E-state index contributed by atoms with van der Waals surface area (Å²) in [6.07, 6.45) is 6.40. The summed E-state index contributed by atoms with van der Waals surface area (Å²) in [6, 6.07) is 0.510. The van der Waals surface area contributed by atoms with Gasteiger partial charge in [-0.05, 0) is 13.3 Å². The number of carbonyl (C=O) groups is 1. The van der Waals surface area contributed by atoms with Gasteiger partial charge in [0.05, 0.1) is 0 Å². The molecule has 4 nitrogen and oxygen atoms in total. The first kappa shape index (κ1) is 15.4. The predicted molar refractivity (Wildman–Crippen MR) is 75.7 cm³/mol. The minimum Gasteiger partial charge on any atom is -0.358 e. The predicted octanol–water partition coefficient (Wildman–Crippen LogP) is 1.37. The molecule has 1 fully saturated rings. The summed E-state index contributed by atoms with van der Waals surface area (Å²) in [5.74, 6) is 0.141. The first-order valence-corrected chi connectivity index (χ1v) is 7.38. The van der Waals surface area contributed by atoms with Crippen LogP contribution in [0.2, 0.25) is 0 Å². The fourth-order valence-electron chi connectivity index (χ4n) is 2.69. The standard InChI is InChI=1S/C14H29N3O/c1-4-5-6-7-8-12(2)17-10-9-16-11-13(17)14(18)15-3/h12-13,16H,4-11H2,1-3H3,(H,15,18). The molecular weight excluding hydrogens is 226 g/mol. The van der Waals surface area contributed by atoms with Gasteiger partial charge in [-0.3, -0.25) is 9.69 Å². The highest BCUT2D eigenvalue weighted by atomic mass is 16.2. The van der Waals surface area contributed by atoms with Gasteiger partial charge < -0.3 is 10.6 Å². The lowest BCUT2D eigenvalue weighted by Crippen LogP contribution is -2.59. The van der Waals surface area contributed by atoms with Crippen molar-refractivity contribution in [2.24, 2.45) is 0 Å². The summed E-state index contributed by atoms with van der Waals surface area (Å²) in [5, 5.41) is 6.08. The minimum absolute atomic E-state index is 0.00456. The van der Waals surface area contributed by atoms with Crippen LogP contribution >= 0.6 is 0 Å². The Morgan fingerprint density at radius 3 is 2.89 bits per heavy atom. The third-order valence-corrected chi connectivity index (χ3v) is 3.88. The van der Waals surface area contributed by atoms with Crippen molar-refractivity contribution in [1.29, 1.82) is 0 Å². The van der Waals surface area contributed by atoms with E-state index in [1.807, 2.05) is 0 Å². The molecule has 2 atom stereocenters. The number of likely N-dealkylation sites (N-methyl/N-ethyl adjacent to an activating group) is 1. The van der Waals surface area contributed by atoms with Crippen molar-refractivity contribution in [2.45, 2.75) is 58.0 Å². The second-order valence-corrected chi connectivity index (χ2v) is 5.27. The first-order valence-electron chi connectivity index (χ1n) is 7.38. The zero-order chi connectivity index (χ0) is 13.4. The van der Waals surface area contributed by atoms with Crippen LogP contribution in [0.25, 0.3) is 0 Å². The van der Waals surface area contributed by atoms with E-state index >= 15 is 0 Å². The fourth-order valence-corrected chi connectivity index (χ4v) is 2.69. The molecule has 0 aromatic carbocycles. The van der Waals surface area contributed by atoms with Gasteiger partial charge in [0, 0.05) is 32.7 Å². The largest absolute Gasteiger partial charge is 0.358 e. The van der Waals surface area contributed by atoms with Crippen LogP contribution < -0.4 is 10.6 Å². The van der Waals surface area contributed by atoms with Gasteiger partial charge in [0.25, 0.3) is 0 Å². The van der Waals surface area contributed by atoms with E-state index in [0.29, 0.717) is 6.04 Å². The van der Waals surface area contributed by atoms with Crippen molar-refractivity contribution in [2.75, 3.05) is 26.7 Å². The van der Waals surface area contributed by atoms with E-state index in [0.717, 1.165) is 19.6 Å². The number of amides is 1. The third-order valence-electron chi connectivity index (χ3n) is 3.88. The van der Waals surface area contributed by atoms with Gasteiger partial charge in [-0.15, -0.1) is 0 Å². The number of nitrogens with one attached hydrogen (secondary N) is 2. The van der Waals surface area contributed by atoms with E-state index in [4.69, 9.17) is 0 Å². The second kappa shape index (κ2) is 8.48. The van der Waals surface area contributed by atoms with Crippen molar-refractivity contribution in [3.63, 3.8) is 0 Å². The van der Waals surface area contributed by atoms with E-state index in [1.165, 1.54) is 32.1 Å². The molecule has 2 unspecified atom stereocenters. The highest BCUT2D eigenvalue weighted by Crippen LogP contribution is 2.15. The Kier molecular flexibility index (Phi) is 7.28. The molecule has 1 amide bonds. The molecule has 1 aliphatic rings. The van der Waals surface area contributed by atoms with Crippen LogP contribution in [0.1, 0.15) is 46.0 Å². The Morgan fingerprint density at radius 1 is 1.44 bits per heavy atom. The lowest BCUT2D eigenvalue weighted by molar-refractivity contribution is -0.127. The molecule has 1 saturated heterocycles. The maximum Gasteiger partial charge on any atom is 0.238 e. The van der Waals surface area contributed by atoms with Crippen molar-refractivity contribution in [3.05, 3.63) is 0 Å². The smallest absolute Gasteiger partial charge is 0.238 e. The maximum atomic E-state index is 11.9. The van der Waals surface area contributed by atoms with E-state index in [1.54, 1.807) is 7.05 Å². The Morgan fingerprint density at radius 2 is 2.22 bits per heavy atom. The van der Waals surface area contributed by atoms with E-state index in [9.17, 15) is 4.79 Å². The molecule has 0 radical (unpaired) electrons. The summed E-state index contributed by atoms with van der Waals surface area (Å²) in [5.41, 5.74) is 0. The summed E-state index contributed by atoms with van der Waals surface area (Å²) in [6.45, 7) is 7.24. The molecular formula is C14H29N3O. The molecule has 1 aliphatic heterocycles. The zero-order valence-corrected chi connectivity index (χ0v) is 12.2. The molecule has 0 spiro atoms. The molecule has 106 valence electrons. The summed E-state index contributed by atoms with van der Waals surface area (Å²) < 4.78 is 0. The molecule has 4 heteroatoms. The minimum atomic E-state index is 0.00456. The molecule has 2 N–H and O–H groups in total. The Labute approximate surface area is 111 Å². The molecule has 0 bridgehead atoms. The van der Waals surface area contributed by atoms with Crippen molar-refractivity contribution in [3.8, 4) is 0 Å². The van der Waals surface area contributed by atoms with Crippen LogP contribution in [0.15, 0.2) is 0 Å². The molecule has 0 aromatic heterocycles. The van der Waals surface area contributed by atoms with E-state index in [2.05, 4.69) is 29.4 Å². The molecule has 0 aromatic rings. The Balaban J connectivity index is 2.41. The number of unbranched alkanes of at least 4 members (excludes halogenated alkanes) is 3. The van der Waals surface area contributed by atoms with Crippen LogP contribution in [-0.2, 0) is 4.79 Å². The van der Waals surface area contributed by atoms with Crippen LogP contribution in [0.4, 0.5) is 0 Å². The van der Waals surface area contributed by atoms with Crippen LogP contribution in [0, 0.1) is 0 Å². The van der Waals surface area contributed by atoms with Crippen molar-refractivity contribution < 1.29 is 4.79 Å². The Hall–Kier alpha value is -0.610. The van der Waals surface area contributed by atoms with E-state index in [-0.39, 0.29) is 11.9 Å². The lowest BCUT2D eigenvalue weighted by atomic mass is 10.0. The number of nitrogens with zero attached hydrogens (tertiary/aromatic N) is 1. The van der Waals surface area contributed by atoms with Crippen LogP contribution in [-0.4, -0.2) is 49.6 Å². The number of hydrogen-bond donors (Lipinski definition) is 2. The number of piperazine rings is 1. The first-order chi connectivity index (χ1) is 8.70. The normalized spacial score (nSPS) is 22.7. The highest BCUT2D eigenvalue weighted by molar-refractivity contribution is 5.81. The monoisotopic (exact) mass is 255 g/mol. The van der Waals surface area contributed by atoms with Crippen LogP contribution in [0.3, 0.4) is 0 Å². The molecule has 0 saturated carbocycles. The summed E-state index contributed by atoms with van der Waals surface area (Å²) in [7, 11) is 1.72. The molecule has 1 rings (SSSR count). The van der Waals surface area contributed by atoms with Gasteiger partial charge in [-0.25, -0.2) is 0 Å². The van der Waals surface area contributed by atoms with Gasteiger partial charge in [-0.2, -0.15) is 0 Å². The number of carbonyl (C=O) groups excluding carboxylic acids is 1. The quantitative estimate of drug-likeness (QED) is 0.675. The zero-order valence-electron chi connectivity index (χ0n) is 12.2. The Bertz CT molecular complexity index is 245. The van der Waals surface area contributed by atoms with Crippen LogP contribution in [0.5, 0.6) is 0 Å². The SMILES string of the molecule is CCCCCCC(C)N1CCNCC1C(=O)NC.